The Morgan fingerprint density at radius 2 is 0.548 bits per heavy atom. The zero-order valence-corrected chi connectivity index (χ0v) is 39.6. The first-order chi connectivity index (χ1) is 36.1. The van der Waals surface area contributed by atoms with Gasteiger partial charge in [0.1, 0.15) is 0 Å². The minimum atomic E-state index is 0.572. The third-order valence-corrected chi connectivity index (χ3v) is 14.1. The molecule has 5 heteroatoms. The van der Waals surface area contributed by atoms with Crippen LogP contribution in [0.5, 0.6) is 0 Å². The molecule has 73 heavy (non-hydrogen) atoms. The van der Waals surface area contributed by atoms with Crippen LogP contribution < -0.4 is 4.90 Å². The normalized spacial score (nSPS) is 11.3. The van der Waals surface area contributed by atoms with Gasteiger partial charge in [0.05, 0.1) is 62.4 Å². The van der Waals surface area contributed by atoms with E-state index in [0.717, 1.165) is 117 Å². The fourth-order valence-corrected chi connectivity index (χ4v) is 10.6. The number of hydrogen-bond acceptors (Lipinski definition) is 3. The van der Waals surface area contributed by atoms with E-state index < -0.39 is 0 Å². The van der Waals surface area contributed by atoms with Gasteiger partial charge in [-0.15, -0.1) is 0 Å². The maximum absolute atomic E-state index is 9.92. The number of fused-ring (bicyclic) bond motifs is 6. The van der Waals surface area contributed by atoms with E-state index in [1.165, 1.54) is 0 Å². The molecule has 340 valence electrons. The molecule has 5 nitrogen and oxygen atoms in total. The molecule has 0 amide bonds. The van der Waals surface area contributed by atoms with Crippen molar-refractivity contribution < 1.29 is 0 Å². The number of rotatable bonds is 9. The van der Waals surface area contributed by atoms with Gasteiger partial charge in [0, 0.05) is 32.9 Å². The molecule has 0 unspecified atom stereocenters. The van der Waals surface area contributed by atoms with E-state index in [1.807, 2.05) is 48.5 Å². The fourth-order valence-electron chi connectivity index (χ4n) is 10.6. The Morgan fingerprint density at radius 3 is 0.822 bits per heavy atom. The Hall–Kier alpha value is -10.2. The van der Waals surface area contributed by atoms with Crippen molar-refractivity contribution >= 4 is 60.7 Å². The third kappa shape index (κ3) is 7.67. The van der Waals surface area contributed by atoms with Gasteiger partial charge in [-0.1, -0.05) is 146 Å². The second-order valence-corrected chi connectivity index (χ2v) is 18.4. The Bertz CT molecular complexity index is 3820. The van der Waals surface area contributed by atoms with Crippen LogP contribution >= 0.6 is 0 Å². The molecular weight excluding hydrogens is 887 g/mol. The van der Waals surface area contributed by atoms with Crippen molar-refractivity contribution in [2.75, 3.05) is 4.90 Å². The van der Waals surface area contributed by atoms with Crippen LogP contribution in [0.3, 0.4) is 0 Å². The molecule has 0 radical (unpaired) electrons. The lowest BCUT2D eigenvalue weighted by Gasteiger charge is -2.27. The highest BCUT2D eigenvalue weighted by molar-refractivity contribution is 6.13. The summed E-state index contributed by atoms with van der Waals surface area (Å²) in [6.07, 6.45) is 0. The molecule has 0 aliphatic rings. The second-order valence-electron chi connectivity index (χ2n) is 18.4. The van der Waals surface area contributed by atoms with Gasteiger partial charge in [-0.25, -0.2) is 0 Å². The molecule has 11 aromatic carbocycles. The maximum Gasteiger partial charge on any atom is 0.0991 e. The minimum absolute atomic E-state index is 0.572. The van der Waals surface area contributed by atoms with E-state index in [2.05, 4.69) is 238 Å². The van der Waals surface area contributed by atoms with Gasteiger partial charge >= 0.3 is 0 Å². The van der Waals surface area contributed by atoms with Gasteiger partial charge in [0.25, 0.3) is 0 Å². The molecule has 0 saturated heterocycles. The molecule has 13 aromatic rings. The monoisotopic (exact) mass is 929 g/mol. The molecule has 2 heterocycles. The van der Waals surface area contributed by atoms with Crippen LogP contribution in [-0.4, -0.2) is 9.13 Å². The summed E-state index contributed by atoms with van der Waals surface area (Å²) in [6.45, 7) is 0. The van der Waals surface area contributed by atoms with E-state index >= 15 is 0 Å². The third-order valence-electron chi connectivity index (χ3n) is 14.1. The zero-order valence-electron chi connectivity index (χ0n) is 39.6. The lowest BCUT2D eigenvalue weighted by molar-refractivity contribution is 1.12. The Labute approximate surface area is 423 Å². The van der Waals surface area contributed by atoms with Gasteiger partial charge in [-0.2, -0.15) is 10.5 Å². The van der Waals surface area contributed by atoms with E-state index in [9.17, 15) is 10.5 Å². The summed E-state index contributed by atoms with van der Waals surface area (Å²) in [5, 5.41) is 24.4. The highest BCUT2D eigenvalue weighted by Crippen LogP contribution is 2.44. The maximum atomic E-state index is 9.92. The number of nitrogens with zero attached hydrogens (tertiary/aromatic N) is 5. The molecule has 0 saturated carbocycles. The SMILES string of the molecule is N#Cc1ccc(N(c2ccc(C#N)cc2)c2cc(-n3c4ccc(-c5ccccc5)cc4c4cc(-c5ccccc5)ccc43)cc(-n3c4ccc(-c5ccccc5)cc4c4cc(-c5ccccc5)ccc43)c2)cc1. The molecule has 0 atom stereocenters. The minimum Gasteiger partial charge on any atom is -0.310 e. The van der Waals surface area contributed by atoms with E-state index in [1.54, 1.807) is 0 Å². The highest BCUT2D eigenvalue weighted by Gasteiger charge is 2.22. The molecule has 0 bridgehead atoms. The van der Waals surface area contributed by atoms with Crippen molar-refractivity contribution in [1.29, 1.82) is 10.5 Å². The summed E-state index contributed by atoms with van der Waals surface area (Å²) in [4.78, 5) is 2.22. The van der Waals surface area contributed by atoms with Crippen molar-refractivity contribution in [1.82, 2.24) is 9.13 Å². The Morgan fingerprint density at radius 1 is 0.260 bits per heavy atom. The lowest BCUT2D eigenvalue weighted by atomic mass is 10.0. The zero-order chi connectivity index (χ0) is 48.8. The van der Waals surface area contributed by atoms with Crippen molar-refractivity contribution in [3.05, 3.63) is 272 Å². The second kappa shape index (κ2) is 18.0. The van der Waals surface area contributed by atoms with Crippen LogP contribution in [0, 0.1) is 22.7 Å². The summed E-state index contributed by atoms with van der Waals surface area (Å²) in [6, 6.07) is 96.6. The standard InChI is InChI=1S/C68H43N5/c69-44-46-21-29-56(30-22-46)71(57-31-23-47(45-70)24-32-57)58-41-59(72-65-33-25-52(48-13-5-1-6-14-48)37-61(65)62-38-53(26-34-66(62)72)49-15-7-2-8-16-49)43-60(42-58)73-67-35-27-54(50-17-9-3-10-18-50)39-63(67)64-40-55(28-36-68(64)73)51-19-11-4-12-20-51/h1-43H. The van der Waals surface area contributed by atoms with Crippen LogP contribution in [0.25, 0.3) is 99.5 Å². The lowest BCUT2D eigenvalue weighted by Crippen LogP contribution is -2.12. The summed E-state index contributed by atoms with van der Waals surface area (Å²) in [7, 11) is 0. The van der Waals surface area contributed by atoms with E-state index in [4.69, 9.17) is 0 Å². The Kier molecular flexibility index (Phi) is 10.5. The predicted molar refractivity (Wildman–Crippen MR) is 301 cm³/mol. The van der Waals surface area contributed by atoms with E-state index in [0.29, 0.717) is 11.1 Å². The predicted octanol–water partition coefficient (Wildman–Crippen LogP) is 17.8. The molecule has 0 aliphatic heterocycles. The number of nitriles is 2. The quantitative estimate of drug-likeness (QED) is 0.145. The van der Waals surface area contributed by atoms with Crippen LogP contribution in [0.15, 0.2) is 261 Å². The Balaban J connectivity index is 1.13. The largest absolute Gasteiger partial charge is 0.310 e. The van der Waals surface area contributed by atoms with Gasteiger partial charge in [0.2, 0.25) is 0 Å². The number of hydrogen-bond donors (Lipinski definition) is 0. The average molecular weight is 930 g/mol. The van der Waals surface area contributed by atoms with Crippen molar-refractivity contribution in [3.63, 3.8) is 0 Å². The molecular formula is C68H43N5. The molecule has 13 rings (SSSR count). The summed E-state index contributed by atoms with van der Waals surface area (Å²) in [5.41, 5.74) is 19.3. The van der Waals surface area contributed by atoms with Crippen molar-refractivity contribution in [3.8, 4) is 68.0 Å². The topological polar surface area (TPSA) is 60.7 Å². The first-order valence-corrected chi connectivity index (χ1v) is 24.4. The molecule has 0 fully saturated rings. The van der Waals surface area contributed by atoms with Crippen molar-refractivity contribution in [2.45, 2.75) is 0 Å². The molecule has 0 aliphatic carbocycles. The fraction of sp³-hybridized carbons (Fsp3) is 0. The van der Waals surface area contributed by atoms with Gasteiger partial charge in [-0.3, -0.25) is 0 Å². The van der Waals surface area contributed by atoms with Crippen molar-refractivity contribution in [2.24, 2.45) is 0 Å². The van der Waals surface area contributed by atoms with Gasteiger partial charge < -0.3 is 14.0 Å². The van der Waals surface area contributed by atoms with Gasteiger partial charge in [-0.05, 0) is 160 Å². The van der Waals surface area contributed by atoms with E-state index in [-0.39, 0.29) is 0 Å². The number of benzene rings is 11. The summed E-state index contributed by atoms with van der Waals surface area (Å²) >= 11 is 0. The first-order valence-electron chi connectivity index (χ1n) is 24.4. The van der Waals surface area contributed by atoms with Gasteiger partial charge in [0.15, 0.2) is 0 Å². The number of aromatic nitrogens is 2. The molecule has 0 N–H and O–H groups in total. The van der Waals surface area contributed by atoms with Crippen LogP contribution in [-0.2, 0) is 0 Å². The molecule has 2 aromatic heterocycles. The van der Waals surface area contributed by atoms with Crippen LogP contribution in [0.2, 0.25) is 0 Å². The van der Waals surface area contributed by atoms with Crippen LogP contribution in [0.1, 0.15) is 11.1 Å². The number of anilines is 3. The smallest absolute Gasteiger partial charge is 0.0991 e. The van der Waals surface area contributed by atoms with Crippen LogP contribution in [0.4, 0.5) is 17.1 Å². The average Bonchev–Trinajstić information content (AvgIpc) is 3.98. The highest BCUT2D eigenvalue weighted by atomic mass is 15.1. The summed E-state index contributed by atoms with van der Waals surface area (Å²) < 4.78 is 4.82. The summed E-state index contributed by atoms with van der Waals surface area (Å²) in [5.74, 6) is 0. The molecule has 0 spiro atoms. The first kappa shape index (κ1) is 42.9.